The molecule has 1 fully saturated rings. The van der Waals surface area contributed by atoms with E-state index in [0.29, 0.717) is 11.8 Å². The average Bonchev–Trinajstić information content (AvgIpc) is 2.74. The van der Waals surface area contributed by atoms with Crippen LogP contribution in [0.25, 0.3) is 0 Å². The molecule has 3 rings (SSSR count). The van der Waals surface area contributed by atoms with Crippen LogP contribution in [0.5, 0.6) is 0 Å². The first-order valence-corrected chi connectivity index (χ1v) is 11.2. The Morgan fingerprint density at radius 2 is 1.83 bits per heavy atom. The maximum atomic E-state index is 13.2. The standard InChI is InChI=1S/C23H31N3O2S/c1-19(2)29-22-6-4-21(5-7-22)23(27)26(18-20-8-10-24-11-9-20)13-3-12-25-14-16-28-17-15-25/h4-11,19H,3,12-18H2,1-2H3. The molecule has 0 bridgehead atoms. The Hall–Kier alpha value is -1.89. The van der Waals surface area contributed by atoms with Gasteiger partial charge in [-0.1, -0.05) is 13.8 Å². The van der Waals surface area contributed by atoms with Crippen molar-refractivity contribution in [1.82, 2.24) is 14.8 Å². The van der Waals surface area contributed by atoms with Crippen molar-refractivity contribution in [2.24, 2.45) is 0 Å². The Bertz CT molecular complexity index is 746. The number of nitrogens with zero attached hydrogens (tertiary/aromatic N) is 3. The molecule has 6 heteroatoms. The second-order valence-electron chi connectivity index (χ2n) is 7.58. The third-order valence-corrected chi connectivity index (χ3v) is 5.90. The third-order valence-electron chi connectivity index (χ3n) is 4.89. The number of pyridine rings is 1. The smallest absolute Gasteiger partial charge is 0.254 e. The van der Waals surface area contributed by atoms with Crippen molar-refractivity contribution < 1.29 is 9.53 Å². The quantitative estimate of drug-likeness (QED) is 0.583. The molecule has 0 atom stereocenters. The van der Waals surface area contributed by atoms with E-state index in [9.17, 15) is 4.79 Å². The number of aromatic nitrogens is 1. The second kappa shape index (κ2) is 11.3. The first-order chi connectivity index (χ1) is 14.1. The Balaban J connectivity index is 1.64. The summed E-state index contributed by atoms with van der Waals surface area (Å²) in [5, 5.41) is 0.528. The molecule has 2 aromatic rings. The van der Waals surface area contributed by atoms with Crippen LogP contribution in [0.4, 0.5) is 0 Å². The SMILES string of the molecule is CC(C)Sc1ccc(C(=O)N(CCCN2CCOCC2)Cc2ccncc2)cc1. The lowest BCUT2D eigenvalue weighted by Gasteiger charge is -2.28. The van der Waals surface area contributed by atoms with Crippen LogP contribution in [0, 0.1) is 0 Å². The van der Waals surface area contributed by atoms with Crippen molar-refractivity contribution in [3.63, 3.8) is 0 Å². The average molecular weight is 414 g/mol. The molecule has 0 aliphatic carbocycles. The summed E-state index contributed by atoms with van der Waals surface area (Å²) in [6.07, 6.45) is 4.52. The maximum absolute atomic E-state index is 13.2. The highest BCUT2D eigenvalue weighted by molar-refractivity contribution is 7.99. The highest BCUT2D eigenvalue weighted by atomic mass is 32.2. The number of amides is 1. The largest absolute Gasteiger partial charge is 0.379 e. The van der Waals surface area contributed by atoms with Crippen LogP contribution in [-0.2, 0) is 11.3 Å². The van der Waals surface area contributed by atoms with E-state index in [1.54, 1.807) is 12.4 Å². The Kier molecular flexibility index (Phi) is 8.52. The Morgan fingerprint density at radius 3 is 2.48 bits per heavy atom. The van der Waals surface area contributed by atoms with Crippen molar-refractivity contribution in [3.05, 3.63) is 59.9 Å². The number of rotatable bonds is 9. The molecule has 1 aliphatic rings. The third kappa shape index (κ3) is 7.14. The van der Waals surface area contributed by atoms with Gasteiger partial charge >= 0.3 is 0 Å². The van der Waals surface area contributed by atoms with Crippen LogP contribution in [-0.4, -0.2) is 65.3 Å². The second-order valence-corrected chi connectivity index (χ2v) is 9.23. The zero-order chi connectivity index (χ0) is 20.5. The van der Waals surface area contributed by atoms with Gasteiger partial charge in [-0.05, 0) is 48.4 Å². The molecule has 2 heterocycles. The molecule has 29 heavy (non-hydrogen) atoms. The van der Waals surface area contributed by atoms with Crippen LogP contribution in [0.2, 0.25) is 0 Å². The first-order valence-electron chi connectivity index (χ1n) is 10.4. The van der Waals surface area contributed by atoms with E-state index in [4.69, 9.17) is 4.74 Å². The van der Waals surface area contributed by atoms with Gasteiger partial charge in [0.15, 0.2) is 0 Å². The summed E-state index contributed by atoms with van der Waals surface area (Å²) in [4.78, 5) is 22.9. The van der Waals surface area contributed by atoms with Crippen LogP contribution >= 0.6 is 11.8 Å². The summed E-state index contributed by atoms with van der Waals surface area (Å²) in [6, 6.07) is 12.0. The summed E-state index contributed by atoms with van der Waals surface area (Å²) < 4.78 is 5.42. The van der Waals surface area contributed by atoms with Gasteiger partial charge in [-0.2, -0.15) is 0 Å². The van der Waals surface area contributed by atoms with Crippen LogP contribution in [0.1, 0.15) is 36.2 Å². The minimum absolute atomic E-state index is 0.0879. The minimum atomic E-state index is 0.0879. The van der Waals surface area contributed by atoms with Gasteiger partial charge in [-0.3, -0.25) is 14.7 Å². The summed E-state index contributed by atoms with van der Waals surface area (Å²) in [5.74, 6) is 0.0879. The normalized spacial score (nSPS) is 14.9. The molecule has 5 nitrogen and oxygen atoms in total. The van der Waals surface area contributed by atoms with Gasteiger partial charge < -0.3 is 9.64 Å². The number of carbonyl (C=O) groups is 1. The summed E-state index contributed by atoms with van der Waals surface area (Å²) in [5.41, 5.74) is 1.85. The maximum Gasteiger partial charge on any atom is 0.254 e. The molecular weight excluding hydrogens is 382 g/mol. The molecule has 1 aliphatic heterocycles. The van der Waals surface area contributed by atoms with Gasteiger partial charge in [0.25, 0.3) is 5.91 Å². The number of morpholine rings is 1. The number of thioether (sulfide) groups is 1. The molecule has 0 unspecified atom stereocenters. The number of hydrogen-bond donors (Lipinski definition) is 0. The topological polar surface area (TPSA) is 45.7 Å². The molecule has 1 aromatic carbocycles. The molecule has 0 N–H and O–H groups in total. The highest BCUT2D eigenvalue weighted by Crippen LogP contribution is 2.23. The number of hydrogen-bond acceptors (Lipinski definition) is 5. The van der Waals surface area contributed by atoms with Crippen molar-refractivity contribution in [3.8, 4) is 0 Å². The van der Waals surface area contributed by atoms with Crippen molar-refractivity contribution in [2.45, 2.75) is 37.0 Å². The zero-order valence-electron chi connectivity index (χ0n) is 17.4. The summed E-state index contributed by atoms with van der Waals surface area (Å²) >= 11 is 1.81. The highest BCUT2D eigenvalue weighted by Gasteiger charge is 2.17. The summed E-state index contributed by atoms with van der Waals surface area (Å²) in [6.45, 7) is 10.3. The molecule has 0 spiro atoms. The van der Waals surface area contributed by atoms with Crippen molar-refractivity contribution in [2.75, 3.05) is 39.4 Å². The summed E-state index contributed by atoms with van der Waals surface area (Å²) in [7, 11) is 0. The van der Waals surface area contributed by atoms with Crippen molar-refractivity contribution >= 4 is 17.7 Å². The van der Waals surface area contributed by atoms with Crippen molar-refractivity contribution in [1.29, 1.82) is 0 Å². The lowest BCUT2D eigenvalue weighted by molar-refractivity contribution is 0.0355. The fraction of sp³-hybridized carbons (Fsp3) is 0.478. The van der Waals surface area contributed by atoms with Gasteiger partial charge in [-0.15, -0.1) is 11.8 Å². The molecular formula is C23H31N3O2S. The molecule has 0 radical (unpaired) electrons. The first kappa shape index (κ1) is 21.8. The van der Waals surface area contributed by atoms with E-state index in [-0.39, 0.29) is 5.91 Å². The predicted molar refractivity (Wildman–Crippen MR) is 118 cm³/mol. The van der Waals surface area contributed by atoms with Crippen LogP contribution in [0.3, 0.4) is 0 Å². The van der Waals surface area contributed by atoms with E-state index < -0.39 is 0 Å². The van der Waals surface area contributed by atoms with E-state index in [1.807, 2.05) is 40.9 Å². The fourth-order valence-corrected chi connectivity index (χ4v) is 4.24. The van der Waals surface area contributed by atoms with Gasteiger partial charge in [0.2, 0.25) is 0 Å². The van der Waals surface area contributed by atoms with Gasteiger partial charge in [-0.25, -0.2) is 0 Å². The molecule has 1 saturated heterocycles. The number of ether oxygens (including phenoxy) is 1. The lowest BCUT2D eigenvalue weighted by Crippen LogP contribution is -2.39. The minimum Gasteiger partial charge on any atom is -0.379 e. The fourth-order valence-electron chi connectivity index (χ4n) is 3.40. The molecule has 0 saturated carbocycles. The van der Waals surface area contributed by atoms with E-state index >= 15 is 0 Å². The lowest BCUT2D eigenvalue weighted by atomic mass is 10.1. The molecule has 1 aromatic heterocycles. The molecule has 1 amide bonds. The van der Waals surface area contributed by atoms with Gasteiger partial charge in [0.1, 0.15) is 0 Å². The van der Waals surface area contributed by atoms with E-state index in [1.165, 1.54) is 4.90 Å². The monoisotopic (exact) mass is 413 g/mol. The van der Waals surface area contributed by atoms with Crippen LogP contribution < -0.4 is 0 Å². The number of benzene rings is 1. The molecule has 156 valence electrons. The Labute approximate surface area is 178 Å². The van der Waals surface area contributed by atoms with Gasteiger partial charge in [0.05, 0.1) is 13.2 Å². The Morgan fingerprint density at radius 1 is 1.14 bits per heavy atom. The van der Waals surface area contributed by atoms with E-state index in [0.717, 1.165) is 56.9 Å². The van der Waals surface area contributed by atoms with Crippen LogP contribution in [0.15, 0.2) is 53.7 Å². The van der Waals surface area contributed by atoms with E-state index in [2.05, 4.69) is 35.9 Å². The van der Waals surface area contributed by atoms with Gasteiger partial charge in [0, 0.05) is 60.8 Å². The number of carbonyl (C=O) groups excluding carboxylic acids is 1. The predicted octanol–water partition coefficient (Wildman–Crippen LogP) is 3.95. The zero-order valence-corrected chi connectivity index (χ0v) is 18.2.